The van der Waals surface area contributed by atoms with Crippen LogP contribution in [-0.4, -0.2) is 40.2 Å². The van der Waals surface area contributed by atoms with Crippen molar-refractivity contribution in [3.63, 3.8) is 0 Å². The Balaban J connectivity index is 2.17. The zero-order chi connectivity index (χ0) is 17.2. The van der Waals surface area contributed by atoms with Gasteiger partial charge in [-0.05, 0) is 25.1 Å². The number of rotatable bonds is 6. The van der Waals surface area contributed by atoms with Crippen LogP contribution in [0.4, 0.5) is 0 Å². The number of hydrogen-bond donors (Lipinski definition) is 2. The van der Waals surface area contributed by atoms with Crippen molar-refractivity contribution in [3.05, 3.63) is 29.5 Å². The highest BCUT2D eigenvalue weighted by Crippen LogP contribution is 2.28. The first-order valence-corrected chi connectivity index (χ1v) is 7.88. The summed E-state index contributed by atoms with van der Waals surface area (Å²) < 4.78 is 11.0. The second kappa shape index (κ2) is 6.62. The number of benzene rings is 1. The number of aryl methyl sites for hydroxylation is 1. The molecule has 0 saturated carbocycles. The molecular formula is C18H27N2O3+. The molecule has 2 N–H and O–H groups in total. The standard InChI is InChI=1S/C18H26N2O3/c1-12-14-9-13(22-6)7-8-15(14)23-16(12)17(21)19-10-18(2,3)11-20(4)5/h7-9H,10-11H2,1-6H3,(H,19,21)/p+1. The molecule has 0 bridgehead atoms. The van der Waals surface area contributed by atoms with Gasteiger partial charge in [0.2, 0.25) is 0 Å². The van der Waals surface area contributed by atoms with Crippen molar-refractivity contribution in [1.29, 1.82) is 0 Å². The summed E-state index contributed by atoms with van der Waals surface area (Å²) in [7, 11) is 5.85. The van der Waals surface area contributed by atoms with Crippen LogP contribution in [0.1, 0.15) is 30.0 Å². The molecule has 1 heterocycles. The molecule has 0 saturated heterocycles. The lowest BCUT2D eigenvalue weighted by Gasteiger charge is -2.25. The van der Waals surface area contributed by atoms with E-state index in [-0.39, 0.29) is 11.3 Å². The zero-order valence-corrected chi connectivity index (χ0v) is 14.9. The molecule has 1 aromatic carbocycles. The van der Waals surface area contributed by atoms with Gasteiger partial charge < -0.3 is 19.4 Å². The second-order valence-corrected chi connectivity index (χ2v) is 7.15. The lowest BCUT2D eigenvalue weighted by atomic mass is 9.93. The predicted molar refractivity (Wildman–Crippen MR) is 91.3 cm³/mol. The van der Waals surface area contributed by atoms with Crippen molar-refractivity contribution in [2.45, 2.75) is 20.8 Å². The molecule has 1 amide bonds. The fourth-order valence-corrected chi connectivity index (χ4v) is 2.96. The monoisotopic (exact) mass is 319 g/mol. The highest BCUT2D eigenvalue weighted by atomic mass is 16.5. The molecular weight excluding hydrogens is 292 g/mol. The van der Waals surface area contributed by atoms with E-state index >= 15 is 0 Å². The van der Waals surface area contributed by atoms with E-state index in [4.69, 9.17) is 9.15 Å². The van der Waals surface area contributed by atoms with Gasteiger partial charge in [0.25, 0.3) is 5.91 Å². The molecule has 23 heavy (non-hydrogen) atoms. The topological polar surface area (TPSA) is 55.9 Å². The minimum Gasteiger partial charge on any atom is -0.497 e. The van der Waals surface area contributed by atoms with Crippen LogP contribution in [0.5, 0.6) is 5.75 Å². The minimum atomic E-state index is -0.167. The number of furan rings is 1. The molecule has 126 valence electrons. The Labute approximate surface area is 137 Å². The first kappa shape index (κ1) is 17.3. The Kier molecular flexibility index (Phi) is 5.00. The fraction of sp³-hybridized carbons (Fsp3) is 0.500. The van der Waals surface area contributed by atoms with Gasteiger partial charge in [-0.3, -0.25) is 4.79 Å². The van der Waals surface area contributed by atoms with Crippen molar-refractivity contribution < 1.29 is 18.8 Å². The van der Waals surface area contributed by atoms with Crippen molar-refractivity contribution in [2.24, 2.45) is 5.41 Å². The van der Waals surface area contributed by atoms with E-state index in [1.165, 1.54) is 4.90 Å². The van der Waals surface area contributed by atoms with Gasteiger partial charge in [0.1, 0.15) is 11.3 Å². The van der Waals surface area contributed by atoms with E-state index in [0.717, 1.165) is 23.2 Å². The Bertz CT molecular complexity index is 702. The van der Waals surface area contributed by atoms with Gasteiger partial charge >= 0.3 is 0 Å². The summed E-state index contributed by atoms with van der Waals surface area (Å²) in [5, 5.41) is 3.91. The minimum absolute atomic E-state index is 0.0254. The summed E-state index contributed by atoms with van der Waals surface area (Å²) in [6, 6.07) is 5.55. The largest absolute Gasteiger partial charge is 0.497 e. The molecule has 0 aliphatic heterocycles. The van der Waals surface area contributed by atoms with Crippen LogP contribution in [-0.2, 0) is 0 Å². The van der Waals surface area contributed by atoms with Crippen LogP contribution in [0.3, 0.4) is 0 Å². The number of fused-ring (bicyclic) bond motifs is 1. The fourth-order valence-electron chi connectivity index (χ4n) is 2.96. The number of carbonyl (C=O) groups excluding carboxylic acids is 1. The third-order valence-corrected chi connectivity index (χ3v) is 3.91. The molecule has 0 unspecified atom stereocenters. The second-order valence-electron chi connectivity index (χ2n) is 7.15. The van der Waals surface area contributed by atoms with Gasteiger partial charge in [0.05, 0.1) is 27.7 Å². The number of nitrogens with one attached hydrogen (secondary N) is 2. The molecule has 0 atom stereocenters. The van der Waals surface area contributed by atoms with E-state index in [2.05, 4.69) is 33.3 Å². The van der Waals surface area contributed by atoms with E-state index < -0.39 is 0 Å². The number of ether oxygens (including phenoxy) is 1. The number of carbonyl (C=O) groups is 1. The van der Waals surface area contributed by atoms with Gasteiger partial charge in [0, 0.05) is 22.9 Å². The quantitative estimate of drug-likeness (QED) is 0.851. The maximum atomic E-state index is 12.5. The number of amides is 1. The first-order valence-electron chi connectivity index (χ1n) is 7.88. The Morgan fingerprint density at radius 2 is 2.04 bits per heavy atom. The molecule has 2 rings (SSSR count). The van der Waals surface area contributed by atoms with Gasteiger partial charge in [0.15, 0.2) is 5.76 Å². The van der Waals surface area contributed by atoms with E-state index in [1.54, 1.807) is 7.11 Å². The molecule has 0 radical (unpaired) electrons. The highest BCUT2D eigenvalue weighted by Gasteiger charge is 2.24. The van der Waals surface area contributed by atoms with Crippen LogP contribution >= 0.6 is 0 Å². The number of quaternary nitrogens is 1. The molecule has 5 heteroatoms. The molecule has 2 aromatic rings. The summed E-state index contributed by atoms with van der Waals surface area (Å²) in [5.74, 6) is 0.962. The Morgan fingerprint density at radius 1 is 1.35 bits per heavy atom. The molecule has 5 nitrogen and oxygen atoms in total. The maximum Gasteiger partial charge on any atom is 0.287 e. The van der Waals surface area contributed by atoms with E-state index in [1.807, 2.05) is 25.1 Å². The number of hydrogen-bond acceptors (Lipinski definition) is 3. The third-order valence-electron chi connectivity index (χ3n) is 3.91. The van der Waals surface area contributed by atoms with Gasteiger partial charge in [-0.15, -0.1) is 0 Å². The molecule has 1 aromatic heterocycles. The van der Waals surface area contributed by atoms with Crippen LogP contribution in [0.25, 0.3) is 11.0 Å². The predicted octanol–water partition coefficient (Wildman–Crippen LogP) is 1.65. The Morgan fingerprint density at radius 3 is 2.65 bits per heavy atom. The normalized spacial score (nSPS) is 12.0. The van der Waals surface area contributed by atoms with Crippen LogP contribution in [0.2, 0.25) is 0 Å². The highest BCUT2D eigenvalue weighted by molar-refractivity contribution is 5.99. The lowest BCUT2D eigenvalue weighted by Crippen LogP contribution is -3.07. The van der Waals surface area contributed by atoms with Crippen molar-refractivity contribution in [2.75, 3.05) is 34.3 Å². The van der Waals surface area contributed by atoms with Crippen molar-refractivity contribution in [1.82, 2.24) is 5.32 Å². The lowest BCUT2D eigenvalue weighted by molar-refractivity contribution is -0.865. The van der Waals surface area contributed by atoms with Crippen LogP contribution < -0.4 is 15.0 Å². The molecule has 0 aliphatic rings. The maximum absolute atomic E-state index is 12.5. The Hall–Kier alpha value is -2.01. The summed E-state index contributed by atoms with van der Waals surface area (Å²) in [6.45, 7) is 7.78. The summed E-state index contributed by atoms with van der Waals surface area (Å²) in [4.78, 5) is 13.8. The van der Waals surface area contributed by atoms with Crippen LogP contribution in [0, 0.1) is 12.3 Å². The summed E-state index contributed by atoms with van der Waals surface area (Å²) in [6.07, 6.45) is 0. The third kappa shape index (κ3) is 4.05. The summed E-state index contributed by atoms with van der Waals surface area (Å²) >= 11 is 0. The summed E-state index contributed by atoms with van der Waals surface area (Å²) in [5.41, 5.74) is 1.57. The van der Waals surface area contributed by atoms with E-state index in [9.17, 15) is 4.79 Å². The van der Waals surface area contributed by atoms with Crippen LogP contribution in [0.15, 0.2) is 22.6 Å². The average Bonchev–Trinajstić information content (AvgIpc) is 2.80. The SMILES string of the molecule is COc1ccc2oc(C(=O)NCC(C)(C)C[NH+](C)C)c(C)c2c1. The van der Waals surface area contributed by atoms with Gasteiger partial charge in [-0.2, -0.15) is 0 Å². The number of methoxy groups -OCH3 is 1. The first-order chi connectivity index (χ1) is 10.7. The molecule has 0 fully saturated rings. The van der Waals surface area contributed by atoms with Gasteiger partial charge in [-0.1, -0.05) is 13.8 Å². The zero-order valence-electron chi connectivity index (χ0n) is 14.9. The average molecular weight is 319 g/mol. The van der Waals surface area contributed by atoms with Crippen molar-refractivity contribution in [3.8, 4) is 5.75 Å². The smallest absolute Gasteiger partial charge is 0.287 e. The van der Waals surface area contributed by atoms with E-state index in [0.29, 0.717) is 17.9 Å². The molecule has 0 spiro atoms. The van der Waals surface area contributed by atoms with Crippen molar-refractivity contribution >= 4 is 16.9 Å². The van der Waals surface area contributed by atoms with Gasteiger partial charge in [-0.25, -0.2) is 0 Å². The molecule has 0 aliphatic carbocycles.